The summed E-state index contributed by atoms with van der Waals surface area (Å²) >= 11 is 0. The van der Waals surface area contributed by atoms with Gasteiger partial charge in [-0.3, -0.25) is 5.10 Å². The Morgan fingerprint density at radius 3 is 2.11 bits per heavy atom. The van der Waals surface area contributed by atoms with Crippen molar-refractivity contribution >= 4 is 5.82 Å². The first-order chi connectivity index (χ1) is 9.36. The van der Waals surface area contributed by atoms with E-state index >= 15 is 0 Å². The Labute approximate surface area is 112 Å². The lowest BCUT2D eigenvalue weighted by atomic mass is 10.0. The maximum absolute atomic E-state index is 4.16. The normalized spacial score (nSPS) is 10.4. The van der Waals surface area contributed by atoms with Gasteiger partial charge in [-0.15, -0.1) is 0 Å². The third-order valence-electron chi connectivity index (χ3n) is 3.14. The van der Waals surface area contributed by atoms with E-state index in [1.54, 1.807) is 0 Å². The highest BCUT2D eigenvalue weighted by Gasteiger charge is 2.03. The molecule has 0 aliphatic rings. The van der Waals surface area contributed by atoms with Crippen LogP contribution in [-0.2, 0) is 0 Å². The van der Waals surface area contributed by atoms with Gasteiger partial charge in [0.2, 0.25) is 0 Å². The quantitative estimate of drug-likeness (QED) is 0.741. The highest BCUT2D eigenvalue weighted by atomic mass is 15.2. The number of rotatable bonds is 3. The van der Waals surface area contributed by atoms with Crippen molar-refractivity contribution in [2.75, 3.05) is 12.4 Å². The number of nitrogens with one attached hydrogen (secondary N) is 2. The van der Waals surface area contributed by atoms with Gasteiger partial charge in [0, 0.05) is 13.1 Å². The standard InChI is InChI=1S/C16H15N3/c1-17-16-11-15(18-19-16)14-9-7-13(8-10-14)12-5-3-2-4-6-12/h2-11H,1H3,(H2,17,18,19). The number of benzene rings is 2. The van der Waals surface area contributed by atoms with Crippen molar-refractivity contribution in [1.82, 2.24) is 10.2 Å². The van der Waals surface area contributed by atoms with Crippen LogP contribution < -0.4 is 5.32 Å². The Morgan fingerprint density at radius 1 is 0.842 bits per heavy atom. The van der Waals surface area contributed by atoms with Gasteiger partial charge in [-0.1, -0.05) is 54.6 Å². The lowest BCUT2D eigenvalue weighted by molar-refractivity contribution is 1.09. The molecule has 0 bridgehead atoms. The highest BCUT2D eigenvalue weighted by molar-refractivity contribution is 5.69. The SMILES string of the molecule is CNc1cc(-c2ccc(-c3ccccc3)cc2)[nH]n1. The number of aromatic nitrogens is 2. The lowest BCUT2D eigenvalue weighted by Crippen LogP contribution is -1.85. The molecule has 3 aromatic rings. The molecule has 0 unspecified atom stereocenters. The summed E-state index contributed by atoms with van der Waals surface area (Å²) in [4.78, 5) is 0. The van der Waals surface area contributed by atoms with Gasteiger partial charge in [-0.25, -0.2) is 0 Å². The second-order valence-corrected chi connectivity index (χ2v) is 4.36. The van der Waals surface area contributed by atoms with Gasteiger partial charge in [-0.05, 0) is 16.7 Å². The Morgan fingerprint density at radius 2 is 1.47 bits per heavy atom. The summed E-state index contributed by atoms with van der Waals surface area (Å²) in [6.45, 7) is 0. The van der Waals surface area contributed by atoms with E-state index in [0.29, 0.717) is 0 Å². The summed E-state index contributed by atoms with van der Waals surface area (Å²) in [6.07, 6.45) is 0. The fourth-order valence-corrected chi connectivity index (χ4v) is 2.07. The molecule has 0 aliphatic heterocycles. The predicted molar refractivity (Wildman–Crippen MR) is 79.0 cm³/mol. The van der Waals surface area contributed by atoms with E-state index in [9.17, 15) is 0 Å². The zero-order chi connectivity index (χ0) is 13.1. The molecule has 1 aromatic heterocycles. The second-order valence-electron chi connectivity index (χ2n) is 4.36. The molecule has 0 aliphatic carbocycles. The molecular formula is C16H15N3. The van der Waals surface area contributed by atoms with Gasteiger partial charge < -0.3 is 5.32 Å². The summed E-state index contributed by atoms with van der Waals surface area (Å²) in [5, 5.41) is 10.2. The first-order valence-electron chi connectivity index (χ1n) is 6.26. The van der Waals surface area contributed by atoms with E-state index in [1.165, 1.54) is 11.1 Å². The summed E-state index contributed by atoms with van der Waals surface area (Å²) in [5.41, 5.74) is 4.60. The van der Waals surface area contributed by atoms with Crippen molar-refractivity contribution in [2.45, 2.75) is 0 Å². The van der Waals surface area contributed by atoms with E-state index in [-0.39, 0.29) is 0 Å². The molecule has 0 atom stereocenters. The van der Waals surface area contributed by atoms with Gasteiger partial charge >= 0.3 is 0 Å². The van der Waals surface area contributed by atoms with Crippen molar-refractivity contribution < 1.29 is 0 Å². The number of H-pyrrole nitrogens is 1. The van der Waals surface area contributed by atoms with Crippen LogP contribution in [0.5, 0.6) is 0 Å². The van der Waals surface area contributed by atoms with Crippen LogP contribution >= 0.6 is 0 Å². The molecule has 0 fully saturated rings. The van der Waals surface area contributed by atoms with Crippen LogP contribution in [0, 0.1) is 0 Å². The van der Waals surface area contributed by atoms with Crippen LogP contribution in [0.25, 0.3) is 22.4 Å². The van der Waals surface area contributed by atoms with E-state index in [1.807, 2.05) is 19.2 Å². The topological polar surface area (TPSA) is 40.7 Å². The molecule has 1 heterocycles. The largest absolute Gasteiger partial charge is 0.372 e. The predicted octanol–water partition coefficient (Wildman–Crippen LogP) is 3.79. The third-order valence-corrected chi connectivity index (χ3v) is 3.14. The van der Waals surface area contributed by atoms with Crippen LogP contribution in [0.4, 0.5) is 5.82 Å². The maximum atomic E-state index is 4.16. The minimum Gasteiger partial charge on any atom is -0.372 e. The summed E-state index contributed by atoms with van der Waals surface area (Å²) in [7, 11) is 1.86. The minimum absolute atomic E-state index is 0.849. The fraction of sp³-hybridized carbons (Fsp3) is 0.0625. The second kappa shape index (κ2) is 4.98. The molecule has 0 saturated carbocycles. The van der Waals surface area contributed by atoms with Crippen molar-refractivity contribution in [3.8, 4) is 22.4 Å². The summed E-state index contributed by atoms with van der Waals surface area (Å²) in [5.74, 6) is 0.849. The van der Waals surface area contributed by atoms with E-state index in [4.69, 9.17) is 0 Å². The lowest BCUT2D eigenvalue weighted by Gasteiger charge is -2.02. The van der Waals surface area contributed by atoms with E-state index < -0.39 is 0 Å². The van der Waals surface area contributed by atoms with E-state index in [0.717, 1.165) is 17.1 Å². The Balaban J connectivity index is 1.90. The van der Waals surface area contributed by atoms with Crippen LogP contribution in [0.2, 0.25) is 0 Å². The molecular weight excluding hydrogens is 234 g/mol. The zero-order valence-corrected chi connectivity index (χ0v) is 10.7. The maximum Gasteiger partial charge on any atom is 0.148 e. The van der Waals surface area contributed by atoms with Gasteiger partial charge in [-0.2, -0.15) is 5.10 Å². The van der Waals surface area contributed by atoms with Gasteiger partial charge in [0.25, 0.3) is 0 Å². The number of hydrogen-bond acceptors (Lipinski definition) is 2. The highest BCUT2D eigenvalue weighted by Crippen LogP contribution is 2.24. The molecule has 0 radical (unpaired) electrons. The van der Waals surface area contributed by atoms with Crippen molar-refractivity contribution in [1.29, 1.82) is 0 Å². The average Bonchev–Trinajstić information content (AvgIpc) is 2.97. The number of anilines is 1. The minimum atomic E-state index is 0.849. The molecule has 0 saturated heterocycles. The monoisotopic (exact) mass is 249 g/mol. The molecule has 3 rings (SSSR count). The van der Waals surface area contributed by atoms with Crippen molar-refractivity contribution in [3.05, 3.63) is 60.7 Å². The van der Waals surface area contributed by atoms with E-state index in [2.05, 4.69) is 64.0 Å². The molecule has 3 heteroatoms. The van der Waals surface area contributed by atoms with Gasteiger partial charge in [0.05, 0.1) is 5.69 Å². The summed E-state index contributed by atoms with van der Waals surface area (Å²) in [6, 6.07) is 20.8. The van der Waals surface area contributed by atoms with Gasteiger partial charge in [0.1, 0.15) is 5.82 Å². The molecule has 3 nitrogen and oxygen atoms in total. The molecule has 0 spiro atoms. The number of nitrogens with zero attached hydrogens (tertiary/aromatic N) is 1. The van der Waals surface area contributed by atoms with Gasteiger partial charge in [0.15, 0.2) is 0 Å². The average molecular weight is 249 g/mol. The van der Waals surface area contributed by atoms with Crippen LogP contribution in [0.1, 0.15) is 0 Å². The molecule has 2 N–H and O–H groups in total. The first-order valence-corrected chi connectivity index (χ1v) is 6.26. The Kier molecular flexibility index (Phi) is 3.02. The first kappa shape index (κ1) is 11.5. The molecule has 0 amide bonds. The van der Waals surface area contributed by atoms with Crippen LogP contribution in [0.3, 0.4) is 0 Å². The third kappa shape index (κ3) is 2.36. The summed E-state index contributed by atoms with van der Waals surface area (Å²) < 4.78 is 0. The van der Waals surface area contributed by atoms with Crippen LogP contribution in [-0.4, -0.2) is 17.2 Å². The van der Waals surface area contributed by atoms with Crippen molar-refractivity contribution in [2.24, 2.45) is 0 Å². The van der Waals surface area contributed by atoms with Crippen molar-refractivity contribution in [3.63, 3.8) is 0 Å². The molecule has 94 valence electrons. The zero-order valence-electron chi connectivity index (χ0n) is 10.7. The molecule has 2 aromatic carbocycles. The number of aromatic amines is 1. The fourth-order valence-electron chi connectivity index (χ4n) is 2.07. The smallest absolute Gasteiger partial charge is 0.148 e. The van der Waals surface area contributed by atoms with Crippen LogP contribution in [0.15, 0.2) is 60.7 Å². The Hall–Kier alpha value is -2.55. The Bertz CT molecular complexity index is 654. The molecule has 19 heavy (non-hydrogen) atoms. The number of hydrogen-bond donors (Lipinski definition) is 2.